The van der Waals surface area contributed by atoms with Crippen molar-refractivity contribution in [1.29, 1.82) is 0 Å². The van der Waals surface area contributed by atoms with E-state index in [2.05, 4.69) is 182 Å². The number of hydrogen-bond acceptors (Lipinski definition) is 4. The Balaban J connectivity index is 1.20. The summed E-state index contributed by atoms with van der Waals surface area (Å²) in [5.74, 6) is 1.77. The van der Waals surface area contributed by atoms with Gasteiger partial charge in [0.1, 0.15) is 0 Å². The topological polar surface area (TPSA) is 51.6 Å². The lowest BCUT2D eigenvalue weighted by Gasteiger charge is -2.14. The lowest BCUT2D eigenvalue weighted by molar-refractivity contribution is 1.07. The van der Waals surface area contributed by atoms with Crippen LogP contribution in [0.4, 0.5) is 0 Å². The molecule has 4 nitrogen and oxygen atoms in total. The first kappa shape index (κ1) is 34.7. The zero-order valence-corrected chi connectivity index (χ0v) is 31.6. The fourth-order valence-electron chi connectivity index (χ4n) is 7.52. The molecular weight excluding hydrogens is 705 g/mol. The second-order valence-electron chi connectivity index (χ2n) is 14.4. The first-order chi connectivity index (χ1) is 28.7. The Kier molecular flexibility index (Phi) is 9.18. The van der Waals surface area contributed by atoms with Gasteiger partial charge in [-0.05, 0) is 98.4 Å². The summed E-state index contributed by atoms with van der Waals surface area (Å²) in [5, 5.41) is 2.25. The zero-order chi connectivity index (χ0) is 38.7. The van der Waals surface area contributed by atoms with E-state index >= 15 is 0 Å². The molecule has 10 rings (SSSR count). The minimum absolute atomic E-state index is 0.584. The summed E-state index contributed by atoms with van der Waals surface area (Å²) in [6.45, 7) is 0. The van der Waals surface area contributed by atoms with E-state index in [1.54, 1.807) is 0 Å². The maximum absolute atomic E-state index is 5.32. The van der Waals surface area contributed by atoms with Crippen LogP contribution < -0.4 is 0 Å². The molecule has 0 bridgehead atoms. The van der Waals surface area contributed by atoms with Crippen molar-refractivity contribution in [3.05, 3.63) is 219 Å². The van der Waals surface area contributed by atoms with Gasteiger partial charge in [0, 0.05) is 33.8 Å². The van der Waals surface area contributed by atoms with Crippen molar-refractivity contribution in [3.8, 4) is 89.9 Å². The van der Waals surface area contributed by atoms with Crippen LogP contribution in [0, 0.1) is 0 Å². The Hall–Kier alpha value is -7.82. The van der Waals surface area contributed by atoms with Gasteiger partial charge in [0.25, 0.3) is 0 Å². The molecule has 0 atom stereocenters. The van der Waals surface area contributed by atoms with Gasteiger partial charge in [0.2, 0.25) is 0 Å². The molecule has 272 valence electrons. The van der Waals surface area contributed by atoms with Gasteiger partial charge in [-0.15, -0.1) is 0 Å². The molecule has 0 aliphatic carbocycles. The average Bonchev–Trinajstić information content (AvgIpc) is 3.32. The molecule has 0 radical (unpaired) electrons. The lowest BCUT2D eigenvalue weighted by atomic mass is 9.95. The number of rotatable bonds is 8. The molecule has 0 fully saturated rings. The Morgan fingerprint density at radius 3 is 1.00 bits per heavy atom. The van der Waals surface area contributed by atoms with Crippen LogP contribution in [0.15, 0.2) is 219 Å². The number of fused-ring (bicyclic) bond motifs is 1. The van der Waals surface area contributed by atoms with Crippen molar-refractivity contribution in [2.45, 2.75) is 0 Å². The molecule has 0 amide bonds. The van der Waals surface area contributed by atoms with Gasteiger partial charge in [-0.3, -0.25) is 4.98 Å². The summed E-state index contributed by atoms with van der Waals surface area (Å²) in [4.78, 5) is 20.7. The SMILES string of the molecule is c1ccc(-c2cc(-c3ccccc3)cc(-c3nc(-c4cc(-c5ccccc5)cc(-c5ccccc5)c4)nc(-c4cccc(-c5cc6ccccc6cn5)c4)n3)c2)cc1. The normalized spacial score (nSPS) is 11.1. The Morgan fingerprint density at radius 2 is 0.552 bits per heavy atom. The van der Waals surface area contributed by atoms with E-state index < -0.39 is 0 Å². The van der Waals surface area contributed by atoms with Gasteiger partial charge >= 0.3 is 0 Å². The van der Waals surface area contributed by atoms with Crippen LogP contribution in [-0.2, 0) is 0 Å². The molecule has 2 aromatic heterocycles. The Bertz CT molecular complexity index is 2780. The summed E-state index contributed by atoms with van der Waals surface area (Å²) in [6.07, 6.45) is 1.94. The summed E-state index contributed by atoms with van der Waals surface area (Å²) in [5.41, 5.74) is 13.4. The lowest BCUT2D eigenvalue weighted by Crippen LogP contribution is -2.01. The molecule has 58 heavy (non-hydrogen) atoms. The molecule has 4 heteroatoms. The number of aromatic nitrogens is 4. The van der Waals surface area contributed by atoms with Crippen LogP contribution in [0.2, 0.25) is 0 Å². The summed E-state index contributed by atoms with van der Waals surface area (Å²) >= 11 is 0. The number of nitrogens with zero attached hydrogens (tertiary/aromatic N) is 4. The third-order valence-electron chi connectivity index (χ3n) is 10.5. The highest BCUT2D eigenvalue weighted by Gasteiger charge is 2.17. The van der Waals surface area contributed by atoms with Crippen molar-refractivity contribution in [1.82, 2.24) is 19.9 Å². The van der Waals surface area contributed by atoms with Crippen LogP contribution >= 0.6 is 0 Å². The molecule has 0 saturated carbocycles. The second kappa shape index (κ2) is 15.4. The molecule has 10 aromatic rings. The fourth-order valence-corrected chi connectivity index (χ4v) is 7.52. The van der Waals surface area contributed by atoms with E-state index in [9.17, 15) is 0 Å². The highest BCUT2D eigenvalue weighted by molar-refractivity contribution is 5.86. The number of benzene rings is 8. The van der Waals surface area contributed by atoms with E-state index in [1.165, 1.54) is 0 Å². The van der Waals surface area contributed by atoms with Crippen LogP contribution in [0.1, 0.15) is 0 Å². The highest BCUT2D eigenvalue weighted by Crippen LogP contribution is 2.36. The van der Waals surface area contributed by atoms with Crippen molar-refractivity contribution in [2.75, 3.05) is 0 Å². The first-order valence-corrected chi connectivity index (χ1v) is 19.4. The van der Waals surface area contributed by atoms with Gasteiger partial charge < -0.3 is 0 Å². The number of pyridine rings is 1. The quantitative estimate of drug-likeness (QED) is 0.156. The van der Waals surface area contributed by atoms with Crippen molar-refractivity contribution >= 4 is 10.8 Å². The predicted octanol–water partition coefficient (Wildman–Crippen LogP) is 13.8. The van der Waals surface area contributed by atoms with Gasteiger partial charge in [-0.25, -0.2) is 15.0 Å². The fraction of sp³-hybridized carbons (Fsp3) is 0. The maximum atomic E-state index is 5.32. The standard InChI is InChI=1S/C54H36N4/c1-5-16-37(17-6-1)45-29-46(38-18-7-2-8-19-38)32-49(31-45)53-56-52(43-27-15-26-42(28-43)51-35-41-24-13-14-25-44(41)36-55-51)57-54(58-53)50-33-47(39-20-9-3-10-21-39)30-48(34-50)40-22-11-4-12-23-40/h1-36H. The van der Waals surface area contributed by atoms with E-state index in [0.717, 1.165) is 83.2 Å². The minimum Gasteiger partial charge on any atom is -0.256 e. The summed E-state index contributed by atoms with van der Waals surface area (Å²) in [6, 6.07) is 74.0. The Morgan fingerprint density at radius 1 is 0.224 bits per heavy atom. The molecule has 0 spiro atoms. The monoisotopic (exact) mass is 740 g/mol. The molecular formula is C54H36N4. The highest BCUT2D eigenvalue weighted by atomic mass is 15.0. The third-order valence-corrected chi connectivity index (χ3v) is 10.5. The summed E-state index contributed by atoms with van der Waals surface area (Å²) < 4.78 is 0. The molecule has 0 unspecified atom stereocenters. The van der Waals surface area contributed by atoms with Crippen LogP contribution in [0.25, 0.3) is 101 Å². The molecule has 0 aliphatic rings. The van der Waals surface area contributed by atoms with Gasteiger partial charge in [0.15, 0.2) is 17.5 Å². The largest absolute Gasteiger partial charge is 0.256 e. The molecule has 0 aliphatic heterocycles. The van der Waals surface area contributed by atoms with E-state index in [0.29, 0.717) is 17.5 Å². The van der Waals surface area contributed by atoms with Crippen LogP contribution in [0.3, 0.4) is 0 Å². The molecule has 8 aromatic carbocycles. The average molecular weight is 741 g/mol. The zero-order valence-electron chi connectivity index (χ0n) is 31.6. The van der Waals surface area contributed by atoms with Crippen molar-refractivity contribution in [2.24, 2.45) is 0 Å². The van der Waals surface area contributed by atoms with Gasteiger partial charge in [0.05, 0.1) is 5.69 Å². The first-order valence-electron chi connectivity index (χ1n) is 19.4. The number of hydrogen-bond donors (Lipinski definition) is 0. The van der Waals surface area contributed by atoms with E-state index in [1.807, 2.05) is 36.5 Å². The minimum atomic E-state index is 0.584. The summed E-state index contributed by atoms with van der Waals surface area (Å²) in [7, 11) is 0. The van der Waals surface area contributed by atoms with Crippen LogP contribution in [0.5, 0.6) is 0 Å². The van der Waals surface area contributed by atoms with Gasteiger partial charge in [-0.1, -0.05) is 164 Å². The Labute approximate surface area is 337 Å². The van der Waals surface area contributed by atoms with Crippen molar-refractivity contribution in [3.63, 3.8) is 0 Å². The van der Waals surface area contributed by atoms with E-state index in [4.69, 9.17) is 19.9 Å². The van der Waals surface area contributed by atoms with Crippen molar-refractivity contribution < 1.29 is 0 Å². The smallest absolute Gasteiger partial charge is 0.164 e. The third kappa shape index (κ3) is 7.18. The molecule has 0 N–H and O–H groups in total. The second-order valence-corrected chi connectivity index (χ2v) is 14.4. The predicted molar refractivity (Wildman–Crippen MR) is 239 cm³/mol. The van der Waals surface area contributed by atoms with Gasteiger partial charge in [-0.2, -0.15) is 0 Å². The van der Waals surface area contributed by atoms with E-state index in [-0.39, 0.29) is 0 Å². The maximum Gasteiger partial charge on any atom is 0.164 e. The molecule has 2 heterocycles. The van der Waals surface area contributed by atoms with Crippen LogP contribution in [-0.4, -0.2) is 19.9 Å². The molecule has 0 saturated heterocycles.